The molecule has 33 heavy (non-hydrogen) atoms. The van der Waals surface area contributed by atoms with Crippen LogP contribution in [0.3, 0.4) is 0 Å². The van der Waals surface area contributed by atoms with Crippen molar-refractivity contribution in [3.05, 3.63) is 94.8 Å². The Kier molecular flexibility index (Phi) is 5.91. The van der Waals surface area contributed by atoms with Crippen LogP contribution in [0.15, 0.2) is 66.4 Å². The van der Waals surface area contributed by atoms with Crippen molar-refractivity contribution < 1.29 is 28.2 Å². The third-order valence-electron chi connectivity index (χ3n) is 5.33. The number of pyridine rings is 1. The first-order chi connectivity index (χ1) is 15.8. The largest absolute Gasteiger partial charge is 0.507 e. The number of carbonyl (C=O) groups is 2. The summed E-state index contributed by atoms with van der Waals surface area (Å²) in [6.07, 6.45) is 1.46. The quantitative estimate of drug-likeness (QED) is 0.347. The van der Waals surface area contributed by atoms with Gasteiger partial charge in [0.25, 0.3) is 11.7 Å². The van der Waals surface area contributed by atoms with Crippen LogP contribution in [0, 0.1) is 18.6 Å². The fourth-order valence-corrected chi connectivity index (χ4v) is 3.84. The number of hydrogen-bond donors (Lipinski definition) is 1. The van der Waals surface area contributed by atoms with Gasteiger partial charge in [0.05, 0.1) is 23.6 Å². The van der Waals surface area contributed by atoms with E-state index < -0.39 is 35.1 Å². The Bertz CT molecular complexity index is 1270. The van der Waals surface area contributed by atoms with Crippen molar-refractivity contribution in [3.63, 3.8) is 0 Å². The highest BCUT2D eigenvalue weighted by molar-refractivity contribution is 6.51. The number of nitrogens with zero attached hydrogens (tertiary/aromatic N) is 2. The van der Waals surface area contributed by atoms with Crippen LogP contribution < -0.4 is 9.64 Å². The van der Waals surface area contributed by atoms with E-state index in [-0.39, 0.29) is 22.5 Å². The Labute approximate surface area is 188 Å². The summed E-state index contributed by atoms with van der Waals surface area (Å²) in [5.41, 5.74) is 0.704. The highest BCUT2D eigenvalue weighted by Gasteiger charge is 2.48. The third-order valence-corrected chi connectivity index (χ3v) is 5.33. The molecule has 3 aromatic rings. The Balaban J connectivity index is 1.92. The first-order valence-corrected chi connectivity index (χ1v) is 10.2. The highest BCUT2D eigenvalue weighted by Crippen LogP contribution is 2.42. The Morgan fingerprint density at radius 3 is 2.55 bits per heavy atom. The number of carbonyl (C=O) groups excluding carboxylic acids is 2. The molecule has 8 heteroatoms. The topological polar surface area (TPSA) is 79.7 Å². The molecule has 0 saturated carbocycles. The maximum atomic E-state index is 14.7. The lowest BCUT2D eigenvalue weighted by Gasteiger charge is -2.25. The number of Topliss-reactive ketones (excluding diaryl/α,β-unsaturated/α-hetero) is 1. The minimum Gasteiger partial charge on any atom is -0.507 e. The van der Waals surface area contributed by atoms with Crippen molar-refractivity contribution in [2.45, 2.75) is 19.9 Å². The van der Waals surface area contributed by atoms with E-state index in [9.17, 15) is 23.5 Å². The van der Waals surface area contributed by atoms with Gasteiger partial charge in [0.1, 0.15) is 29.2 Å². The number of aliphatic hydroxyl groups excluding tert-OH is 1. The summed E-state index contributed by atoms with van der Waals surface area (Å²) < 4.78 is 33.7. The molecular formula is C25H20F2N2O4. The number of aromatic nitrogens is 1. The van der Waals surface area contributed by atoms with Crippen molar-refractivity contribution in [2.75, 3.05) is 11.5 Å². The summed E-state index contributed by atoms with van der Waals surface area (Å²) in [4.78, 5) is 31.2. The number of rotatable bonds is 5. The third kappa shape index (κ3) is 3.95. The number of halogens is 2. The van der Waals surface area contributed by atoms with Crippen LogP contribution in [-0.2, 0) is 9.59 Å². The van der Waals surface area contributed by atoms with Gasteiger partial charge in [0, 0.05) is 17.8 Å². The summed E-state index contributed by atoms with van der Waals surface area (Å²) in [6, 6.07) is 11.2. The zero-order valence-corrected chi connectivity index (χ0v) is 17.9. The zero-order valence-electron chi connectivity index (χ0n) is 17.9. The van der Waals surface area contributed by atoms with Crippen LogP contribution >= 0.6 is 0 Å². The molecule has 2 aromatic carbocycles. The molecule has 6 nitrogen and oxygen atoms in total. The highest BCUT2D eigenvalue weighted by atomic mass is 19.1. The van der Waals surface area contributed by atoms with Gasteiger partial charge in [-0.3, -0.25) is 19.5 Å². The van der Waals surface area contributed by atoms with Gasteiger partial charge >= 0.3 is 0 Å². The molecule has 0 bridgehead atoms. The second-order valence-corrected chi connectivity index (χ2v) is 7.43. The number of amides is 1. The molecule has 1 aromatic heterocycles. The minimum absolute atomic E-state index is 0.240. The van der Waals surface area contributed by atoms with E-state index in [1.54, 1.807) is 43.3 Å². The molecule has 0 radical (unpaired) electrons. The van der Waals surface area contributed by atoms with Gasteiger partial charge in [-0.15, -0.1) is 0 Å². The molecule has 1 aliphatic heterocycles. The lowest BCUT2D eigenvalue weighted by molar-refractivity contribution is -0.132. The normalized spacial score (nSPS) is 17.5. The molecule has 1 atom stereocenters. The summed E-state index contributed by atoms with van der Waals surface area (Å²) in [6.45, 7) is 4.08. The van der Waals surface area contributed by atoms with Gasteiger partial charge < -0.3 is 9.84 Å². The molecule has 4 rings (SSSR count). The molecule has 2 heterocycles. The second kappa shape index (κ2) is 8.82. The first kappa shape index (κ1) is 22.1. The molecule has 1 N–H and O–H groups in total. The van der Waals surface area contributed by atoms with Crippen LogP contribution in [-0.4, -0.2) is 28.4 Å². The Hall–Kier alpha value is -4.07. The number of anilines is 1. The molecule has 0 spiro atoms. The van der Waals surface area contributed by atoms with Gasteiger partial charge in [-0.1, -0.05) is 6.07 Å². The molecule has 1 fully saturated rings. The lowest BCUT2D eigenvalue weighted by atomic mass is 9.97. The number of aliphatic hydroxyl groups is 1. The monoisotopic (exact) mass is 450 g/mol. The van der Waals surface area contributed by atoms with Crippen molar-refractivity contribution >= 4 is 23.1 Å². The average molecular weight is 450 g/mol. The molecule has 1 unspecified atom stereocenters. The summed E-state index contributed by atoms with van der Waals surface area (Å²) in [7, 11) is 0. The van der Waals surface area contributed by atoms with Crippen LogP contribution in [0.1, 0.15) is 29.8 Å². The smallest absolute Gasteiger partial charge is 0.300 e. The van der Waals surface area contributed by atoms with Gasteiger partial charge in [0.2, 0.25) is 0 Å². The van der Waals surface area contributed by atoms with E-state index in [1.807, 2.05) is 6.92 Å². The van der Waals surface area contributed by atoms with Crippen molar-refractivity contribution in [1.82, 2.24) is 4.98 Å². The molecule has 168 valence electrons. The van der Waals surface area contributed by atoms with Crippen LogP contribution in [0.25, 0.3) is 5.76 Å². The number of hydrogen-bond acceptors (Lipinski definition) is 5. The lowest BCUT2D eigenvalue weighted by Crippen LogP contribution is -2.30. The average Bonchev–Trinajstić information content (AvgIpc) is 3.06. The maximum Gasteiger partial charge on any atom is 0.300 e. The number of benzene rings is 2. The molecule has 1 aliphatic rings. The maximum absolute atomic E-state index is 14.7. The summed E-state index contributed by atoms with van der Waals surface area (Å²) in [5.74, 6) is -3.72. The minimum atomic E-state index is -1.21. The van der Waals surface area contributed by atoms with Gasteiger partial charge in [-0.25, -0.2) is 8.78 Å². The van der Waals surface area contributed by atoms with Crippen LogP contribution in [0.4, 0.5) is 14.5 Å². The van der Waals surface area contributed by atoms with Gasteiger partial charge in [-0.05, 0) is 61.9 Å². The Morgan fingerprint density at radius 1 is 1.12 bits per heavy atom. The van der Waals surface area contributed by atoms with E-state index in [1.165, 1.54) is 6.20 Å². The number of ether oxygens (including phenoxy) is 1. The Morgan fingerprint density at radius 2 is 1.91 bits per heavy atom. The first-order valence-electron chi connectivity index (χ1n) is 10.2. The van der Waals surface area contributed by atoms with E-state index >= 15 is 0 Å². The van der Waals surface area contributed by atoms with Crippen molar-refractivity contribution in [1.29, 1.82) is 0 Å². The molecular weight excluding hydrogens is 430 g/mol. The molecule has 1 amide bonds. The van der Waals surface area contributed by atoms with Gasteiger partial charge in [-0.2, -0.15) is 0 Å². The van der Waals surface area contributed by atoms with E-state index in [0.29, 0.717) is 24.0 Å². The van der Waals surface area contributed by atoms with Crippen LogP contribution in [0.5, 0.6) is 5.75 Å². The zero-order chi connectivity index (χ0) is 23.7. The number of ketones is 1. The van der Waals surface area contributed by atoms with Gasteiger partial charge in [0.15, 0.2) is 0 Å². The predicted molar refractivity (Wildman–Crippen MR) is 118 cm³/mol. The van der Waals surface area contributed by atoms with E-state index in [0.717, 1.165) is 17.0 Å². The fourth-order valence-electron chi connectivity index (χ4n) is 3.84. The van der Waals surface area contributed by atoms with Crippen LogP contribution in [0.2, 0.25) is 0 Å². The fraction of sp³-hybridized carbons (Fsp3) is 0.160. The standard InChI is InChI=1S/C25H20F2N2O4/c1-3-33-20-10-7-15(12-14(20)2)23(30)21-22(18-6-4-5-11-28-18)29(25(32)24(21)31)19-9-8-16(26)13-17(19)27/h4-13,22,30H,3H2,1-2H3/b23-21+. The number of aryl methyl sites for hydroxylation is 1. The summed E-state index contributed by atoms with van der Waals surface area (Å²) in [5, 5.41) is 11.1. The van der Waals surface area contributed by atoms with Crippen molar-refractivity contribution in [3.8, 4) is 5.75 Å². The summed E-state index contributed by atoms with van der Waals surface area (Å²) >= 11 is 0. The van der Waals surface area contributed by atoms with Crippen molar-refractivity contribution in [2.24, 2.45) is 0 Å². The van der Waals surface area contributed by atoms with E-state index in [4.69, 9.17) is 4.74 Å². The SMILES string of the molecule is CCOc1ccc(/C(O)=C2\C(=O)C(=O)N(c3ccc(F)cc3F)C2c2ccccn2)cc1C. The second-order valence-electron chi connectivity index (χ2n) is 7.43. The molecule has 1 saturated heterocycles. The molecule has 0 aliphatic carbocycles. The predicted octanol–water partition coefficient (Wildman–Crippen LogP) is 4.69. The van der Waals surface area contributed by atoms with E-state index in [2.05, 4.69) is 4.98 Å².